The van der Waals surface area contributed by atoms with E-state index in [0.717, 1.165) is 0 Å². The molecule has 5 nitrogen and oxygen atoms in total. The van der Waals surface area contributed by atoms with Gasteiger partial charge in [0.2, 0.25) is 15.7 Å². The topological polar surface area (TPSA) is 85.3 Å². The molecule has 0 aromatic heterocycles. The summed E-state index contributed by atoms with van der Waals surface area (Å²) < 4.78 is 21.9. The summed E-state index contributed by atoms with van der Waals surface area (Å²) in [5.74, 6) is -0.473. The maximum absolute atomic E-state index is 11.7. The standard InChI is InChI=1S/C10H6N2O3S/c11-12-8-5-4-6-7(10(8)13)2-1-3-9(6)16(14)15/h1-2,4-5H,3H2. The quantitative estimate of drug-likeness (QED) is 0.496. The molecule has 0 saturated heterocycles. The zero-order valence-electron chi connectivity index (χ0n) is 8.04. The minimum atomic E-state index is -2.35. The van der Waals surface area contributed by atoms with E-state index in [0.29, 0.717) is 5.56 Å². The number of fused-ring (bicyclic) bond motifs is 1. The van der Waals surface area contributed by atoms with Gasteiger partial charge in [0.05, 0.1) is 4.86 Å². The third-order valence-electron chi connectivity index (χ3n) is 2.37. The molecule has 0 unspecified atom stereocenters. The highest BCUT2D eigenvalue weighted by molar-refractivity contribution is 7.73. The predicted molar refractivity (Wildman–Crippen MR) is 57.3 cm³/mol. The van der Waals surface area contributed by atoms with Crippen LogP contribution in [0.15, 0.2) is 18.2 Å². The Morgan fingerprint density at radius 2 is 2.12 bits per heavy atom. The van der Waals surface area contributed by atoms with Crippen molar-refractivity contribution in [3.63, 3.8) is 0 Å². The first-order valence-electron chi connectivity index (χ1n) is 4.46. The van der Waals surface area contributed by atoms with Crippen LogP contribution in [0.4, 0.5) is 5.69 Å². The number of nitrogens with zero attached hydrogens (tertiary/aromatic N) is 2. The molecule has 6 heteroatoms. The molecule has 0 aliphatic heterocycles. The molecule has 0 heterocycles. The van der Waals surface area contributed by atoms with Gasteiger partial charge in [-0.05, 0) is 17.4 Å². The summed E-state index contributed by atoms with van der Waals surface area (Å²) in [7, 11) is -2.35. The van der Waals surface area contributed by atoms with E-state index >= 15 is 0 Å². The van der Waals surface area contributed by atoms with Gasteiger partial charge in [-0.1, -0.05) is 12.2 Å². The van der Waals surface area contributed by atoms with Crippen LogP contribution >= 0.6 is 0 Å². The van der Waals surface area contributed by atoms with Crippen LogP contribution in [0.1, 0.15) is 17.5 Å². The molecule has 0 amide bonds. The minimum absolute atomic E-state index is 0.0960. The summed E-state index contributed by atoms with van der Waals surface area (Å²) in [5.41, 5.74) is 0.537. The summed E-state index contributed by atoms with van der Waals surface area (Å²) in [6, 6.07) is 2.77. The first kappa shape index (κ1) is 10.4. The van der Waals surface area contributed by atoms with Gasteiger partial charge >= 0.3 is 5.69 Å². The Hall–Kier alpha value is -2.13. The van der Waals surface area contributed by atoms with Crippen LogP contribution in [0.2, 0.25) is 0 Å². The molecule has 1 aliphatic carbocycles. The van der Waals surface area contributed by atoms with E-state index in [9.17, 15) is 13.5 Å². The van der Waals surface area contributed by atoms with Crippen LogP contribution in [0.3, 0.4) is 0 Å². The fraction of sp³-hybridized carbons (Fsp3) is 0.100. The SMILES string of the molecule is N#[N+]c1ccc2c(c1[O-])C=CCC2=S(=O)=O. The van der Waals surface area contributed by atoms with Gasteiger partial charge in [0.15, 0.2) is 4.98 Å². The summed E-state index contributed by atoms with van der Waals surface area (Å²) in [6.07, 6.45) is 3.41. The normalized spacial score (nSPS) is 13.1. The van der Waals surface area contributed by atoms with E-state index in [1.54, 1.807) is 12.2 Å². The van der Waals surface area contributed by atoms with Gasteiger partial charge in [-0.25, -0.2) is 0 Å². The Kier molecular flexibility index (Phi) is 2.46. The number of allylic oxidation sites excluding steroid dienone is 1. The Balaban J connectivity index is 2.83. The van der Waals surface area contributed by atoms with Crippen molar-refractivity contribution < 1.29 is 13.5 Å². The molecule has 16 heavy (non-hydrogen) atoms. The van der Waals surface area contributed by atoms with Gasteiger partial charge < -0.3 is 5.11 Å². The fourth-order valence-electron chi connectivity index (χ4n) is 1.63. The predicted octanol–water partition coefficient (Wildman–Crippen LogP) is 1.06. The zero-order valence-corrected chi connectivity index (χ0v) is 8.86. The van der Waals surface area contributed by atoms with E-state index < -0.39 is 16.0 Å². The molecule has 0 saturated carbocycles. The van der Waals surface area contributed by atoms with E-state index in [2.05, 4.69) is 4.98 Å². The number of rotatable bonds is 0. The zero-order chi connectivity index (χ0) is 11.7. The third-order valence-corrected chi connectivity index (χ3v) is 3.16. The molecule has 0 N–H and O–H groups in total. The van der Waals surface area contributed by atoms with Gasteiger partial charge in [-0.3, -0.25) is 0 Å². The van der Waals surface area contributed by atoms with E-state index in [-0.39, 0.29) is 22.5 Å². The maximum atomic E-state index is 11.7. The first-order valence-corrected chi connectivity index (χ1v) is 5.53. The van der Waals surface area contributed by atoms with Gasteiger partial charge in [0, 0.05) is 18.1 Å². The van der Waals surface area contributed by atoms with Crippen LogP contribution in [0, 0.1) is 5.39 Å². The van der Waals surface area contributed by atoms with Crippen molar-refractivity contribution in [2.75, 3.05) is 0 Å². The maximum Gasteiger partial charge on any atom is 0.378 e. The van der Waals surface area contributed by atoms with Crippen molar-refractivity contribution in [3.8, 4) is 5.75 Å². The largest absolute Gasteiger partial charge is 0.867 e. The second kappa shape index (κ2) is 3.79. The average Bonchev–Trinajstić information content (AvgIpc) is 2.29. The second-order valence-corrected chi connectivity index (χ2v) is 4.20. The molecular weight excluding hydrogens is 228 g/mol. The lowest BCUT2D eigenvalue weighted by Gasteiger charge is -2.15. The van der Waals surface area contributed by atoms with Crippen LogP contribution in [0.5, 0.6) is 5.75 Å². The lowest BCUT2D eigenvalue weighted by Crippen LogP contribution is -2.09. The molecule has 0 spiro atoms. The first-order chi connectivity index (χ1) is 7.65. The molecule has 80 valence electrons. The third kappa shape index (κ3) is 1.47. The molecule has 0 radical (unpaired) electrons. The van der Waals surface area contributed by atoms with Crippen molar-refractivity contribution in [3.05, 3.63) is 34.3 Å². The number of hydrogen-bond acceptors (Lipinski definition) is 4. The molecule has 1 aliphatic rings. The van der Waals surface area contributed by atoms with Crippen molar-refractivity contribution in [1.82, 2.24) is 0 Å². The van der Waals surface area contributed by atoms with Crippen molar-refractivity contribution >= 4 is 26.9 Å². The highest BCUT2D eigenvalue weighted by Gasteiger charge is 2.18. The molecule has 1 aromatic carbocycles. The summed E-state index contributed by atoms with van der Waals surface area (Å²) in [4.78, 5) is 3.02. The summed E-state index contributed by atoms with van der Waals surface area (Å²) >= 11 is 0. The molecule has 0 bridgehead atoms. The number of hydrogen-bond donors (Lipinski definition) is 0. The Morgan fingerprint density at radius 1 is 1.38 bits per heavy atom. The van der Waals surface area contributed by atoms with Crippen LogP contribution in [-0.2, 0) is 10.3 Å². The number of benzene rings is 1. The molecule has 0 fully saturated rings. The Labute approximate surface area is 92.8 Å². The second-order valence-electron chi connectivity index (χ2n) is 3.24. The lowest BCUT2D eigenvalue weighted by molar-refractivity contribution is -0.267. The smallest absolute Gasteiger partial charge is 0.378 e. The summed E-state index contributed by atoms with van der Waals surface area (Å²) in [5, 5.41) is 20.3. The summed E-state index contributed by atoms with van der Waals surface area (Å²) in [6.45, 7) is 0. The van der Waals surface area contributed by atoms with Crippen LogP contribution < -0.4 is 5.11 Å². The van der Waals surface area contributed by atoms with Crippen LogP contribution in [-0.4, -0.2) is 13.3 Å². The highest BCUT2D eigenvalue weighted by atomic mass is 32.2. The molecule has 0 atom stereocenters. The Bertz CT molecular complexity index is 658. The average molecular weight is 234 g/mol. The fourth-order valence-corrected chi connectivity index (χ4v) is 2.22. The van der Waals surface area contributed by atoms with Crippen LogP contribution in [0.25, 0.3) is 11.1 Å². The molecular formula is C10H6N2O3S. The highest BCUT2D eigenvalue weighted by Crippen LogP contribution is 2.33. The van der Waals surface area contributed by atoms with E-state index in [1.165, 1.54) is 12.1 Å². The molecule has 1 aromatic rings. The van der Waals surface area contributed by atoms with Gasteiger partial charge in [0.1, 0.15) is 0 Å². The Morgan fingerprint density at radius 3 is 2.75 bits per heavy atom. The van der Waals surface area contributed by atoms with E-state index in [4.69, 9.17) is 5.39 Å². The van der Waals surface area contributed by atoms with Gasteiger partial charge in [0.25, 0.3) is 0 Å². The number of diazo groups is 1. The lowest BCUT2D eigenvalue weighted by atomic mass is 9.96. The minimum Gasteiger partial charge on any atom is -0.867 e. The van der Waals surface area contributed by atoms with Gasteiger partial charge in [-0.15, -0.1) is 0 Å². The monoisotopic (exact) mass is 234 g/mol. The van der Waals surface area contributed by atoms with Crippen molar-refractivity contribution in [1.29, 1.82) is 5.39 Å². The van der Waals surface area contributed by atoms with Crippen molar-refractivity contribution in [2.45, 2.75) is 6.42 Å². The molecule has 2 rings (SSSR count). The van der Waals surface area contributed by atoms with E-state index in [1.807, 2.05) is 0 Å². The van der Waals surface area contributed by atoms with Crippen molar-refractivity contribution in [2.24, 2.45) is 0 Å². The van der Waals surface area contributed by atoms with Gasteiger partial charge in [-0.2, -0.15) is 8.42 Å².